The molecule has 1 N–H and O–H groups in total. The maximum atomic E-state index is 12.8. The van der Waals surface area contributed by atoms with Crippen LogP contribution in [0.25, 0.3) is 0 Å². The summed E-state index contributed by atoms with van der Waals surface area (Å²) in [5.41, 5.74) is 2.92. The molecule has 3 nitrogen and oxygen atoms in total. The quantitative estimate of drug-likeness (QED) is 0.922. The first-order valence-electron chi connectivity index (χ1n) is 7.07. The van der Waals surface area contributed by atoms with Gasteiger partial charge in [0.15, 0.2) is 0 Å². The molecule has 2 aromatic rings. The number of sulfone groups is 1. The molecule has 0 spiro atoms. The highest BCUT2D eigenvalue weighted by atomic mass is 32.2. The lowest BCUT2D eigenvalue weighted by molar-refractivity contribution is 0.593. The number of rotatable bonds is 5. The summed E-state index contributed by atoms with van der Waals surface area (Å²) in [5, 5.41) is 3.20. The predicted molar refractivity (Wildman–Crippen MR) is 85.2 cm³/mol. The molecule has 0 amide bonds. The van der Waals surface area contributed by atoms with E-state index in [1.165, 1.54) is 0 Å². The molecule has 0 bridgehead atoms. The molecule has 2 aromatic carbocycles. The van der Waals surface area contributed by atoms with Crippen LogP contribution in [-0.2, 0) is 16.4 Å². The highest BCUT2D eigenvalue weighted by Crippen LogP contribution is 2.25. The van der Waals surface area contributed by atoms with E-state index in [-0.39, 0.29) is 0 Å². The number of nitrogens with one attached hydrogen (secondary N) is 1. The van der Waals surface area contributed by atoms with Crippen LogP contribution in [0.5, 0.6) is 0 Å². The summed E-state index contributed by atoms with van der Waals surface area (Å²) in [7, 11) is -3.47. The Hall–Kier alpha value is -1.65. The number of hydrogen-bond donors (Lipinski definition) is 1. The van der Waals surface area contributed by atoms with E-state index in [2.05, 4.69) is 5.32 Å². The summed E-state index contributed by atoms with van der Waals surface area (Å²) in [5.74, 6) is 0. The minimum atomic E-state index is -3.47. The lowest BCUT2D eigenvalue weighted by atomic mass is 10.1. The van der Waals surface area contributed by atoms with E-state index in [1.807, 2.05) is 45.0 Å². The van der Waals surface area contributed by atoms with Crippen LogP contribution >= 0.6 is 0 Å². The van der Waals surface area contributed by atoms with Crippen LogP contribution < -0.4 is 5.32 Å². The van der Waals surface area contributed by atoms with Crippen molar-refractivity contribution < 1.29 is 8.42 Å². The highest BCUT2D eigenvalue weighted by molar-refractivity contribution is 7.91. The van der Waals surface area contributed by atoms with Crippen molar-refractivity contribution in [3.8, 4) is 0 Å². The number of aryl methyl sites for hydroxylation is 2. The molecule has 0 saturated heterocycles. The van der Waals surface area contributed by atoms with Gasteiger partial charge in [0.05, 0.1) is 9.79 Å². The maximum Gasteiger partial charge on any atom is 0.206 e. The van der Waals surface area contributed by atoms with Crippen molar-refractivity contribution in [3.63, 3.8) is 0 Å². The van der Waals surface area contributed by atoms with Gasteiger partial charge in [0, 0.05) is 6.54 Å². The molecule has 2 rings (SSSR count). The molecule has 0 heterocycles. The van der Waals surface area contributed by atoms with Crippen LogP contribution in [0, 0.1) is 13.8 Å². The van der Waals surface area contributed by atoms with E-state index < -0.39 is 9.84 Å². The van der Waals surface area contributed by atoms with Gasteiger partial charge >= 0.3 is 0 Å². The van der Waals surface area contributed by atoms with Crippen molar-refractivity contribution >= 4 is 9.84 Å². The lowest BCUT2D eigenvalue weighted by Gasteiger charge is -2.12. The van der Waals surface area contributed by atoms with Crippen molar-refractivity contribution in [1.29, 1.82) is 0 Å². The first-order valence-corrected chi connectivity index (χ1v) is 8.55. The highest BCUT2D eigenvalue weighted by Gasteiger charge is 2.20. The minimum Gasteiger partial charge on any atom is -0.313 e. The van der Waals surface area contributed by atoms with Gasteiger partial charge in [-0.2, -0.15) is 0 Å². The zero-order valence-corrected chi connectivity index (χ0v) is 13.5. The van der Waals surface area contributed by atoms with E-state index in [9.17, 15) is 8.42 Å². The Balaban J connectivity index is 2.51. The average Bonchev–Trinajstić information content (AvgIpc) is 2.45. The van der Waals surface area contributed by atoms with Crippen LogP contribution in [-0.4, -0.2) is 15.0 Å². The SMILES string of the molecule is CCNCc1cc(C)ccc1S(=O)(=O)c1ccc(C)cc1. The van der Waals surface area contributed by atoms with E-state index >= 15 is 0 Å². The third kappa shape index (κ3) is 3.52. The van der Waals surface area contributed by atoms with Gasteiger partial charge in [-0.3, -0.25) is 0 Å². The van der Waals surface area contributed by atoms with Gasteiger partial charge in [0.1, 0.15) is 0 Å². The second kappa shape index (κ2) is 6.41. The predicted octanol–water partition coefficient (Wildman–Crippen LogP) is 3.25. The molecular weight excluding hydrogens is 282 g/mol. The Labute approximate surface area is 126 Å². The average molecular weight is 303 g/mol. The Morgan fingerprint density at radius 2 is 1.57 bits per heavy atom. The molecule has 0 atom stereocenters. The lowest BCUT2D eigenvalue weighted by Crippen LogP contribution is -2.15. The van der Waals surface area contributed by atoms with E-state index in [0.29, 0.717) is 16.3 Å². The fourth-order valence-electron chi connectivity index (χ4n) is 2.21. The summed E-state index contributed by atoms with van der Waals surface area (Å²) >= 11 is 0. The van der Waals surface area contributed by atoms with Crippen LogP contribution in [0.2, 0.25) is 0 Å². The fourth-order valence-corrected chi connectivity index (χ4v) is 3.68. The van der Waals surface area contributed by atoms with Gasteiger partial charge in [-0.25, -0.2) is 8.42 Å². The summed E-state index contributed by atoms with van der Waals surface area (Å²) in [4.78, 5) is 0.729. The third-order valence-electron chi connectivity index (χ3n) is 3.40. The number of benzene rings is 2. The van der Waals surface area contributed by atoms with E-state index in [1.54, 1.807) is 18.2 Å². The van der Waals surface area contributed by atoms with Crippen molar-refractivity contribution in [2.45, 2.75) is 37.1 Å². The van der Waals surface area contributed by atoms with Gasteiger partial charge < -0.3 is 5.32 Å². The van der Waals surface area contributed by atoms with Crippen molar-refractivity contribution in [2.75, 3.05) is 6.54 Å². The monoisotopic (exact) mass is 303 g/mol. The summed E-state index contributed by atoms with van der Waals surface area (Å²) in [6.07, 6.45) is 0. The van der Waals surface area contributed by atoms with Crippen molar-refractivity contribution in [1.82, 2.24) is 5.32 Å². The molecule has 0 saturated carbocycles. The molecule has 0 aromatic heterocycles. The molecule has 0 aliphatic rings. The molecule has 0 aliphatic heterocycles. The van der Waals surface area contributed by atoms with Crippen molar-refractivity contribution in [3.05, 3.63) is 59.2 Å². The molecule has 0 aliphatic carbocycles. The van der Waals surface area contributed by atoms with Gasteiger partial charge in [-0.15, -0.1) is 0 Å². The van der Waals surface area contributed by atoms with Crippen LogP contribution in [0.1, 0.15) is 23.6 Å². The van der Waals surface area contributed by atoms with Crippen LogP contribution in [0.3, 0.4) is 0 Å². The van der Waals surface area contributed by atoms with E-state index in [0.717, 1.165) is 23.2 Å². The zero-order chi connectivity index (χ0) is 15.5. The molecular formula is C17H21NO2S. The van der Waals surface area contributed by atoms with Gasteiger partial charge in [-0.1, -0.05) is 42.3 Å². The minimum absolute atomic E-state index is 0.342. The van der Waals surface area contributed by atoms with Gasteiger partial charge in [-0.05, 0) is 44.2 Å². The molecule has 0 fully saturated rings. The van der Waals surface area contributed by atoms with Crippen molar-refractivity contribution in [2.24, 2.45) is 0 Å². The largest absolute Gasteiger partial charge is 0.313 e. The molecule has 4 heteroatoms. The summed E-state index contributed by atoms with van der Waals surface area (Å²) in [6.45, 7) is 7.27. The van der Waals surface area contributed by atoms with Gasteiger partial charge in [0.2, 0.25) is 9.84 Å². The molecule has 112 valence electrons. The Morgan fingerprint density at radius 3 is 2.19 bits per heavy atom. The summed E-state index contributed by atoms with van der Waals surface area (Å²) in [6, 6.07) is 12.5. The second-order valence-electron chi connectivity index (χ2n) is 5.21. The van der Waals surface area contributed by atoms with E-state index in [4.69, 9.17) is 0 Å². The molecule has 0 radical (unpaired) electrons. The molecule has 0 unspecified atom stereocenters. The first-order chi connectivity index (χ1) is 9.95. The van der Waals surface area contributed by atoms with Gasteiger partial charge in [0.25, 0.3) is 0 Å². The first kappa shape index (κ1) is 15.7. The smallest absolute Gasteiger partial charge is 0.206 e. The second-order valence-corrected chi connectivity index (χ2v) is 7.13. The molecule has 21 heavy (non-hydrogen) atoms. The summed E-state index contributed by atoms with van der Waals surface area (Å²) < 4.78 is 25.6. The standard InChI is InChI=1S/C17H21NO2S/c1-4-18-12-15-11-14(3)7-10-17(15)21(19,20)16-8-5-13(2)6-9-16/h5-11,18H,4,12H2,1-3H3. The Kier molecular flexibility index (Phi) is 4.80. The van der Waals surface area contributed by atoms with Crippen LogP contribution in [0.15, 0.2) is 52.3 Å². The Bertz CT molecular complexity index is 719. The Morgan fingerprint density at radius 1 is 0.952 bits per heavy atom. The zero-order valence-electron chi connectivity index (χ0n) is 12.7. The maximum absolute atomic E-state index is 12.8. The topological polar surface area (TPSA) is 46.2 Å². The fraction of sp³-hybridized carbons (Fsp3) is 0.294. The normalized spacial score (nSPS) is 11.6. The number of hydrogen-bond acceptors (Lipinski definition) is 3. The van der Waals surface area contributed by atoms with Crippen LogP contribution in [0.4, 0.5) is 0 Å². The third-order valence-corrected chi connectivity index (χ3v) is 5.27.